The lowest BCUT2D eigenvalue weighted by molar-refractivity contribution is -0.00969. The average Bonchev–Trinajstić information content (AvgIpc) is 3.03. The zero-order chi connectivity index (χ0) is 17.8. The molecular weight excluding hydrogens is 318 g/mol. The van der Waals surface area contributed by atoms with Crippen LogP contribution in [0.3, 0.4) is 0 Å². The second-order valence-electron chi connectivity index (χ2n) is 7.98. The van der Waals surface area contributed by atoms with Gasteiger partial charge in [0.15, 0.2) is 0 Å². The topological polar surface area (TPSA) is 86.3 Å². The molecule has 0 aliphatic carbocycles. The van der Waals surface area contributed by atoms with Crippen LogP contribution < -0.4 is 5.73 Å². The van der Waals surface area contributed by atoms with E-state index < -0.39 is 5.60 Å². The number of carbonyl (C=O) groups is 1. The highest BCUT2D eigenvalue weighted by Gasteiger charge is 2.52. The first-order valence-electron chi connectivity index (χ1n) is 8.54. The maximum absolute atomic E-state index is 12.2. The predicted octanol–water partition coefficient (Wildman–Crippen LogP) is 2.42. The van der Waals surface area contributed by atoms with Gasteiger partial charge in [0.2, 0.25) is 0 Å². The summed E-state index contributed by atoms with van der Waals surface area (Å²) in [4.78, 5) is 18.1. The van der Waals surface area contributed by atoms with Gasteiger partial charge in [-0.15, -0.1) is 0 Å². The first-order chi connectivity index (χ1) is 11.8. The van der Waals surface area contributed by atoms with Crippen molar-refractivity contribution in [3.05, 3.63) is 30.1 Å². The normalized spacial score (nSPS) is 18.1. The van der Waals surface area contributed by atoms with E-state index in [1.54, 1.807) is 17.2 Å². The Labute approximate surface area is 146 Å². The summed E-state index contributed by atoms with van der Waals surface area (Å²) in [5.74, 6) is 0.499. The quantitative estimate of drug-likeness (QED) is 0.861. The second-order valence-corrected chi connectivity index (χ2v) is 7.98. The van der Waals surface area contributed by atoms with Crippen LogP contribution in [-0.2, 0) is 16.7 Å². The molecule has 0 saturated carbocycles. The Kier molecular flexibility index (Phi) is 3.32. The van der Waals surface area contributed by atoms with Crippen LogP contribution in [0.5, 0.6) is 0 Å². The molecule has 0 unspecified atom stereocenters. The fourth-order valence-electron chi connectivity index (χ4n) is 3.62. The minimum Gasteiger partial charge on any atom is -0.444 e. The lowest BCUT2D eigenvalue weighted by Crippen LogP contribution is -2.61. The van der Waals surface area contributed by atoms with Gasteiger partial charge in [-0.05, 0) is 45.4 Å². The molecule has 1 saturated heterocycles. The van der Waals surface area contributed by atoms with E-state index in [-0.39, 0.29) is 11.5 Å². The molecular formula is C18H23N5O2. The van der Waals surface area contributed by atoms with Crippen molar-refractivity contribution in [2.75, 3.05) is 18.8 Å². The Morgan fingerprint density at radius 3 is 2.72 bits per heavy atom. The number of nitrogens with two attached hydrogens (primary N) is 1. The molecule has 2 N–H and O–H groups in total. The summed E-state index contributed by atoms with van der Waals surface area (Å²) < 4.78 is 7.52. The van der Waals surface area contributed by atoms with E-state index in [0.29, 0.717) is 18.9 Å². The molecule has 25 heavy (non-hydrogen) atoms. The molecule has 0 bridgehead atoms. The summed E-state index contributed by atoms with van der Waals surface area (Å²) in [5.41, 5.74) is 8.24. The Bertz CT molecular complexity index is 813. The molecule has 132 valence electrons. The number of anilines is 1. The summed E-state index contributed by atoms with van der Waals surface area (Å²) in [6, 6.07) is 5.83. The lowest BCUT2D eigenvalue weighted by atomic mass is 9.76. The lowest BCUT2D eigenvalue weighted by Gasteiger charge is -2.47. The van der Waals surface area contributed by atoms with Gasteiger partial charge in [0.25, 0.3) is 0 Å². The van der Waals surface area contributed by atoms with Gasteiger partial charge in [-0.1, -0.05) is 0 Å². The third kappa shape index (κ3) is 2.73. The minimum atomic E-state index is -0.466. The van der Waals surface area contributed by atoms with Crippen molar-refractivity contribution in [2.24, 2.45) is 0 Å². The number of likely N-dealkylation sites (tertiary alicyclic amines) is 1. The van der Waals surface area contributed by atoms with Gasteiger partial charge >= 0.3 is 6.09 Å². The third-order valence-corrected chi connectivity index (χ3v) is 4.85. The van der Waals surface area contributed by atoms with Crippen molar-refractivity contribution in [1.82, 2.24) is 19.7 Å². The molecule has 0 aromatic carbocycles. The largest absolute Gasteiger partial charge is 0.444 e. The fraction of sp³-hybridized carbons (Fsp3) is 0.500. The molecule has 7 nitrogen and oxygen atoms in total. The predicted molar refractivity (Wildman–Crippen MR) is 94.0 cm³/mol. The van der Waals surface area contributed by atoms with Crippen LogP contribution in [0, 0.1) is 0 Å². The number of carbonyl (C=O) groups excluding carboxylic acids is 1. The maximum atomic E-state index is 12.2. The van der Waals surface area contributed by atoms with Gasteiger partial charge in [0.05, 0.1) is 5.69 Å². The molecule has 0 atom stereocenters. The Morgan fingerprint density at radius 1 is 1.32 bits per heavy atom. The standard InChI is InChI=1S/C18H23N5O2/c1-17(2,3)25-16(24)22-10-18(11-22)6-7-23-14(18)8-13(21-23)12-4-5-15(19)20-9-12/h4-5,8-9H,6-7,10-11H2,1-3H3,(H2,19,20). The van der Waals surface area contributed by atoms with E-state index in [4.69, 9.17) is 15.6 Å². The zero-order valence-electron chi connectivity index (χ0n) is 14.8. The fourth-order valence-corrected chi connectivity index (χ4v) is 3.62. The van der Waals surface area contributed by atoms with Gasteiger partial charge in [0.1, 0.15) is 11.4 Å². The molecule has 1 spiro atoms. The summed E-state index contributed by atoms with van der Waals surface area (Å²) in [5, 5.41) is 4.70. The first kappa shape index (κ1) is 15.9. The summed E-state index contributed by atoms with van der Waals surface area (Å²) in [7, 11) is 0. The molecule has 0 radical (unpaired) electrons. The highest BCUT2D eigenvalue weighted by Crippen LogP contribution is 2.44. The summed E-state index contributed by atoms with van der Waals surface area (Å²) in [6.45, 7) is 7.91. The van der Waals surface area contributed by atoms with Crippen molar-refractivity contribution in [3.8, 4) is 11.3 Å². The highest BCUT2D eigenvalue weighted by atomic mass is 16.6. The Morgan fingerprint density at radius 2 is 2.08 bits per heavy atom. The molecule has 1 amide bonds. The monoisotopic (exact) mass is 341 g/mol. The Balaban J connectivity index is 1.52. The number of aryl methyl sites for hydroxylation is 1. The van der Waals surface area contributed by atoms with Gasteiger partial charge in [0, 0.05) is 42.5 Å². The van der Waals surface area contributed by atoms with Crippen LogP contribution in [0.15, 0.2) is 24.4 Å². The van der Waals surface area contributed by atoms with E-state index >= 15 is 0 Å². The number of hydrogen-bond donors (Lipinski definition) is 1. The SMILES string of the molecule is CC(C)(C)OC(=O)N1CC2(CCn3nc(-c4ccc(N)nc4)cc32)C1. The van der Waals surface area contributed by atoms with Crippen LogP contribution in [0.25, 0.3) is 11.3 Å². The third-order valence-electron chi connectivity index (χ3n) is 4.85. The number of nitrogen functional groups attached to an aromatic ring is 1. The van der Waals surface area contributed by atoms with E-state index in [0.717, 1.165) is 24.2 Å². The van der Waals surface area contributed by atoms with Gasteiger partial charge in [-0.3, -0.25) is 4.68 Å². The molecule has 2 aliphatic heterocycles. The molecule has 1 fully saturated rings. The summed E-state index contributed by atoms with van der Waals surface area (Å²) >= 11 is 0. The van der Waals surface area contributed by atoms with Crippen molar-refractivity contribution in [1.29, 1.82) is 0 Å². The maximum Gasteiger partial charge on any atom is 0.410 e. The number of hydrogen-bond acceptors (Lipinski definition) is 5. The van der Waals surface area contributed by atoms with Gasteiger partial charge < -0.3 is 15.4 Å². The number of amides is 1. The molecule has 7 heteroatoms. The van der Waals surface area contributed by atoms with Gasteiger partial charge in [-0.2, -0.15) is 5.10 Å². The molecule has 4 heterocycles. The molecule has 2 aromatic rings. The van der Waals surface area contributed by atoms with Crippen LogP contribution in [0.4, 0.5) is 10.6 Å². The van der Waals surface area contributed by atoms with E-state index in [1.807, 2.05) is 26.8 Å². The number of nitrogens with zero attached hydrogens (tertiary/aromatic N) is 4. The first-order valence-corrected chi connectivity index (χ1v) is 8.54. The highest BCUT2D eigenvalue weighted by molar-refractivity contribution is 5.70. The van der Waals surface area contributed by atoms with E-state index in [2.05, 4.69) is 15.7 Å². The van der Waals surface area contributed by atoms with Crippen molar-refractivity contribution >= 4 is 11.9 Å². The minimum absolute atomic E-state index is 0.00336. The number of fused-ring (bicyclic) bond motifs is 2. The van der Waals surface area contributed by atoms with Crippen LogP contribution >= 0.6 is 0 Å². The molecule has 4 rings (SSSR count). The number of ether oxygens (including phenoxy) is 1. The van der Waals surface area contributed by atoms with Gasteiger partial charge in [-0.25, -0.2) is 9.78 Å². The second kappa shape index (κ2) is 5.21. The van der Waals surface area contributed by atoms with Crippen LogP contribution in [-0.4, -0.2) is 44.4 Å². The Hall–Kier alpha value is -2.57. The molecule has 2 aliphatic rings. The number of aromatic nitrogens is 3. The van der Waals surface area contributed by atoms with E-state index in [1.165, 1.54) is 5.69 Å². The summed E-state index contributed by atoms with van der Waals surface area (Å²) in [6.07, 6.45) is 2.52. The van der Waals surface area contributed by atoms with Crippen LogP contribution in [0.1, 0.15) is 32.9 Å². The zero-order valence-corrected chi connectivity index (χ0v) is 14.8. The van der Waals surface area contributed by atoms with Crippen molar-refractivity contribution in [2.45, 2.75) is 44.8 Å². The number of rotatable bonds is 1. The molecule has 2 aromatic heterocycles. The average molecular weight is 341 g/mol. The van der Waals surface area contributed by atoms with Crippen molar-refractivity contribution in [3.63, 3.8) is 0 Å². The van der Waals surface area contributed by atoms with E-state index in [9.17, 15) is 4.79 Å². The van der Waals surface area contributed by atoms with Crippen LogP contribution in [0.2, 0.25) is 0 Å². The number of pyridine rings is 1. The smallest absolute Gasteiger partial charge is 0.410 e. The van der Waals surface area contributed by atoms with Crippen molar-refractivity contribution < 1.29 is 9.53 Å².